The lowest BCUT2D eigenvalue weighted by atomic mass is 9.82. The largest absolute Gasteiger partial charge is 0.446 e. The van der Waals surface area contributed by atoms with E-state index in [0.29, 0.717) is 55.9 Å². The lowest BCUT2D eigenvalue weighted by Crippen LogP contribution is -2.37. The third-order valence-corrected chi connectivity index (χ3v) is 8.99. The Bertz CT molecular complexity index is 1400. The predicted molar refractivity (Wildman–Crippen MR) is 164 cm³/mol. The predicted octanol–water partition coefficient (Wildman–Crippen LogP) is 4.31. The summed E-state index contributed by atoms with van der Waals surface area (Å²) in [6.07, 6.45) is 7.42. The van der Waals surface area contributed by atoms with Gasteiger partial charge >= 0.3 is 6.09 Å². The van der Waals surface area contributed by atoms with E-state index in [9.17, 15) is 14.7 Å². The molecule has 0 unspecified atom stereocenters. The number of alkyl carbamates (subject to hydrolysis) is 1. The van der Waals surface area contributed by atoms with E-state index < -0.39 is 0 Å². The Balaban J connectivity index is 1.03. The molecule has 2 saturated heterocycles. The van der Waals surface area contributed by atoms with Crippen LogP contribution < -0.4 is 15.5 Å². The van der Waals surface area contributed by atoms with E-state index >= 15 is 0 Å². The molecule has 0 bridgehead atoms. The number of aliphatic hydroxyl groups is 1. The van der Waals surface area contributed by atoms with Crippen molar-refractivity contribution >= 4 is 28.7 Å². The van der Waals surface area contributed by atoms with E-state index in [1.165, 1.54) is 0 Å². The maximum Gasteiger partial charge on any atom is 0.407 e. The minimum atomic E-state index is -0.330. The van der Waals surface area contributed by atoms with Crippen LogP contribution in [0, 0.1) is 11.8 Å². The first-order valence-electron chi connectivity index (χ1n) is 15.6. The van der Waals surface area contributed by atoms with Gasteiger partial charge in [0.05, 0.1) is 36.1 Å². The van der Waals surface area contributed by atoms with Crippen molar-refractivity contribution in [1.82, 2.24) is 20.6 Å². The van der Waals surface area contributed by atoms with Crippen molar-refractivity contribution in [3.63, 3.8) is 0 Å². The quantitative estimate of drug-likeness (QED) is 0.356. The first-order chi connectivity index (χ1) is 21.0. The number of anilines is 1. The molecule has 43 heavy (non-hydrogen) atoms. The zero-order valence-corrected chi connectivity index (χ0v) is 24.5. The molecule has 1 atom stereocenters. The second-order valence-corrected chi connectivity index (χ2v) is 12.1. The number of benzene rings is 1. The van der Waals surface area contributed by atoms with Crippen molar-refractivity contribution in [2.75, 3.05) is 44.3 Å². The van der Waals surface area contributed by atoms with Crippen molar-refractivity contribution in [2.24, 2.45) is 11.8 Å². The Morgan fingerprint density at radius 2 is 1.70 bits per heavy atom. The molecule has 1 saturated carbocycles. The highest BCUT2D eigenvalue weighted by molar-refractivity contribution is 6.07. The number of rotatable bonds is 8. The van der Waals surface area contributed by atoms with E-state index in [1.54, 1.807) is 6.20 Å². The molecule has 3 aromatic rings. The molecule has 6 rings (SSSR count). The standard InChI is InChI=1S/C33H41N5O5/c39-25-11-14-38(21-25)31-10-9-24(20-34-31)30-17-28(27-3-1-2-4-29(27)37-30)32(40)35-18-22-5-7-23(8-6-22)19-36-33(41)43-26-12-15-42-16-13-26/h1-4,9-10,17,20,22-23,25-26,39H,5-8,11-16,18-19,21H2,(H,35,40)(H,36,41)/t22-,23-,25-/m1/s1. The Kier molecular flexibility index (Phi) is 9.33. The molecule has 0 spiro atoms. The third-order valence-electron chi connectivity index (χ3n) is 8.99. The lowest BCUT2D eigenvalue weighted by Gasteiger charge is -2.29. The Hall–Kier alpha value is -3.76. The number of amides is 2. The number of nitrogens with one attached hydrogen (secondary N) is 2. The van der Waals surface area contributed by atoms with Crippen LogP contribution in [0.15, 0.2) is 48.7 Å². The zero-order chi connectivity index (χ0) is 29.6. The van der Waals surface area contributed by atoms with E-state index in [0.717, 1.165) is 73.8 Å². The molecular weight excluding hydrogens is 546 g/mol. The summed E-state index contributed by atoms with van der Waals surface area (Å²) < 4.78 is 10.8. The number of hydrogen-bond donors (Lipinski definition) is 3. The molecule has 228 valence electrons. The number of β-amino-alcohol motifs (C(OH)–C–C–N with tert-alkyl or cyclic N) is 1. The van der Waals surface area contributed by atoms with Crippen LogP contribution in [0.2, 0.25) is 0 Å². The van der Waals surface area contributed by atoms with E-state index in [4.69, 9.17) is 14.5 Å². The summed E-state index contributed by atoms with van der Waals surface area (Å²) in [5.41, 5.74) is 2.91. The van der Waals surface area contributed by atoms with Gasteiger partial charge in [-0.1, -0.05) is 18.2 Å². The lowest BCUT2D eigenvalue weighted by molar-refractivity contribution is 0.00123. The highest BCUT2D eigenvalue weighted by atomic mass is 16.6. The molecule has 3 N–H and O–H groups in total. The van der Waals surface area contributed by atoms with Gasteiger partial charge in [-0.15, -0.1) is 0 Å². The van der Waals surface area contributed by atoms with Gasteiger partial charge in [-0.25, -0.2) is 14.8 Å². The Labute approximate surface area is 252 Å². The van der Waals surface area contributed by atoms with Crippen molar-refractivity contribution in [2.45, 2.75) is 57.2 Å². The molecule has 2 amide bonds. The first-order valence-corrected chi connectivity index (χ1v) is 15.6. The number of carbonyl (C=O) groups excluding carboxylic acids is 2. The van der Waals surface area contributed by atoms with Crippen LogP contribution in [-0.2, 0) is 9.47 Å². The fraction of sp³-hybridized carbons (Fsp3) is 0.515. The normalized spacial score (nSPS) is 22.8. The maximum absolute atomic E-state index is 13.5. The monoisotopic (exact) mass is 587 g/mol. The van der Waals surface area contributed by atoms with Crippen LogP contribution in [0.3, 0.4) is 0 Å². The van der Waals surface area contributed by atoms with Gasteiger partial charge in [0.1, 0.15) is 11.9 Å². The fourth-order valence-electron chi connectivity index (χ4n) is 6.37. The second kappa shape index (κ2) is 13.7. The molecule has 2 aromatic heterocycles. The highest BCUT2D eigenvalue weighted by Gasteiger charge is 2.25. The average Bonchev–Trinajstić information content (AvgIpc) is 3.49. The van der Waals surface area contributed by atoms with E-state index in [-0.39, 0.29) is 24.2 Å². The number of hydrogen-bond acceptors (Lipinski definition) is 8. The zero-order valence-electron chi connectivity index (χ0n) is 24.5. The number of carbonyl (C=O) groups is 2. The van der Waals surface area contributed by atoms with Crippen molar-refractivity contribution in [1.29, 1.82) is 0 Å². The summed E-state index contributed by atoms with van der Waals surface area (Å²) in [6, 6.07) is 13.5. The first kappa shape index (κ1) is 29.3. The van der Waals surface area contributed by atoms with Crippen LogP contribution in [-0.4, -0.2) is 78.7 Å². The average molecular weight is 588 g/mol. The smallest absolute Gasteiger partial charge is 0.407 e. The summed E-state index contributed by atoms with van der Waals surface area (Å²) in [5, 5.41) is 16.8. The van der Waals surface area contributed by atoms with Crippen molar-refractivity contribution < 1.29 is 24.2 Å². The van der Waals surface area contributed by atoms with Gasteiger partial charge in [-0.2, -0.15) is 0 Å². The van der Waals surface area contributed by atoms with E-state index in [1.807, 2.05) is 42.5 Å². The van der Waals surface area contributed by atoms with Crippen LogP contribution in [0.1, 0.15) is 55.3 Å². The Morgan fingerprint density at radius 1 is 0.953 bits per heavy atom. The topological polar surface area (TPSA) is 126 Å². The van der Waals surface area contributed by atoms with Gasteiger partial charge in [-0.05, 0) is 68.2 Å². The Morgan fingerprint density at radius 3 is 2.40 bits per heavy atom. The molecule has 3 fully saturated rings. The molecule has 10 nitrogen and oxygen atoms in total. The number of fused-ring (bicyclic) bond motifs is 1. The summed E-state index contributed by atoms with van der Waals surface area (Å²) in [5.74, 6) is 1.56. The van der Waals surface area contributed by atoms with Gasteiger partial charge in [0.15, 0.2) is 0 Å². The summed E-state index contributed by atoms with van der Waals surface area (Å²) in [6.45, 7) is 3.92. The molecule has 3 aliphatic rings. The number of nitrogens with zero attached hydrogens (tertiary/aromatic N) is 3. The number of aliphatic hydroxyl groups excluding tert-OH is 1. The molecular formula is C33H41N5O5. The summed E-state index contributed by atoms with van der Waals surface area (Å²) in [4.78, 5) is 37.2. The molecule has 0 radical (unpaired) electrons. The molecule has 1 aliphatic carbocycles. The molecule has 1 aromatic carbocycles. The molecule has 10 heteroatoms. The van der Waals surface area contributed by atoms with Crippen LogP contribution in [0.4, 0.5) is 10.6 Å². The highest BCUT2D eigenvalue weighted by Crippen LogP contribution is 2.29. The third kappa shape index (κ3) is 7.43. The van der Waals surface area contributed by atoms with Crippen LogP contribution >= 0.6 is 0 Å². The SMILES string of the molecule is O=C(NC[C@H]1CC[C@H](CNC(=O)c2cc(-c3ccc(N4CC[C@@H](O)C4)nc3)nc3ccccc23)CC1)OC1CCOCC1. The van der Waals surface area contributed by atoms with Gasteiger partial charge < -0.3 is 30.1 Å². The van der Waals surface area contributed by atoms with Gasteiger partial charge in [0.2, 0.25) is 0 Å². The van der Waals surface area contributed by atoms with Gasteiger partial charge in [-0.3, -0.25) is 4.79 Å². The van der Waals surface area contributed by atoms with Gasteiger partial charge in [0.25, 0.3) is 5.91 Å². The summed E-state index contributed by atoms with van der Waals surface area (Å²) in [7, 11) is 0. The number of aromatic nitrogens is 2. The van der Waals surface area contributed by atoms with Crippen LogP contribution in [0.25, 0.3) is 22.2 Å². The number of ether oxygens (including phenoxy) is 2. The maximum atomic E-state index is 13.5. The minimum absolute atomic E-state index is 0.0467. The van der Waals surface area contributed by atoms with E-state index in [2.05, 4.69) is 20.5 Å². The second-order valence-electron chi connectivity index (χ2n) is 12.1. The van der Waals surface area contributed by atoms with Crippen LogP contribution in [0.5, 0.6) is 0 Å². The molecule has 4 heterocycles. The number of para-hydroxylation sites is 1. The fourth-order valence-corrected chi connectivity index (χ4v) is 6.37. The summed E-state index contributed by atoms with van der Waals surface area (Å²) >= 11 is 0. The van der Waals surface area contributed by atoms with Crippen molar-refractivity contribution in [3.8, 4) is 11.3 Å². The van der Waals surface area contributed by atoms with Gasteiger partial charge in [0, 0.05) is 56.2 Å². The molecule has 2 aliphatic heterocycles. The number of pyridine rings is 2. The van der Waals surface area contributed by atoms with Crippen molar-refractivity contribution in [3.05, 3.63) is 54.2 Å². The minimum Gasteiger partial charge on any atom is -0.446 e.